The number of ketones is 2. The van der Waals surface area contributed by atoms with Gasteiger partial charge in [0.1, 0.15) is 46.3 Å². The van der Waals surface area contributed by atoms with Gasteiger partial charge in [-0.15, -0.1) is 0 Å². The second kappa shape index (κ2) is 22.8. The molecule has 15 nitrogen and oxygen atoms in total. The largest absolute Gasteiger partial charge is 0.511 e. The number of dihydropyridines is 1. The van der Waals surface area contributed by atoms with Crippen molar-refractivity contribution in [1.82, 2.24) is 10.6 Å². The Morgan fingerprint density at radius 2 is 1.61 bits per heavy atom. The molecule has 23 atom stereocenters. The normalized spacial score (nSPS) is 46.5. The molecule has 14 bridgehead atoms. The highest BCUT2D eigenvalue weighted by Gasteiger charge is 2.85. The summed E-state index contributed by atoms with van der Waals surface area (Å²) in [6, 6.07) is 18.5. The maximum absolute atomic E-state index is 17.2. The molecule has 4 heterocycles. The Morgan fingerprint density at radius 1 is 0.765 bits per heavy atom. The zero-order chi connectivity index (χ0) is 69.5. The van der Waals surface area contributed by atoms with E-state index >= 15 is 9.59 Å². The number of Topliss-reactive ketones (excluding diaryl/α,β-unsaturated/α-hetero) is 2. The van der Waals surface area contributed by atoms with Gasteiger partial charge in [0.2, 0.25) is 5.79 Å². The maximum Gasteiger partial charge on any atom is 0.240 e. The molecule has 21 rings (SSSR count). The van der Waals surface area contributed by atoms with Crippen LogP contribution in [0.5, 0.6) is 11.5 Å². The Balaban J connectivity index is 0.723. The molecular formula is C85H98N2O13S2. The molecule has 0 amide bonds. The number of phenolic OH excluding ortho intramolecular Hbond substituents is 1. The van der Waals surface area contributed by atoms with E-state index in [0.717, 1.165) is 135 Å². The number of aromatic hydroxyl groups is 1. The molecule has 538 valence electrons. The fraction of sp³-hybridized carbons (Fsp3) is 0.635. The van der Waals surface area contributed by atoms with Crippen LogP contribution in [0.25, 0.3) is 0 Å². The van der Waals surface area contributed by atoms with E-state index in [1.54, 1.807) is 30.3 Å². The predicted octanol–water partition coefficient (Wildman–Crippen LogP) is 12.1. The summed E-state index contributed by atoms with van der Waals surface area (Å²) in [5.41, 5.74) is -0.964. The molecule has 3 aromatic carbocycles. The number of phenols is 1. The molecule has 7 spiro atoms. The Labute approximate surface area is 605 Å². The number of nitrogens with one attached hydrogen (secondary N) is 2. The third kappa shape index (κ3) is 8.70. The number of hydrogen-bond acceptors (Lipinski definition) is 17. The van der Waals surface area contributed by atoms with E-state index in [0.29, 0.717) is 75.6 Å². The molecule has 0 radical (unpaired) electrons. The number of rotatable bonds is 5. The fourth-order valence-corrected chi connectivity index (χ4v) is 31.8. The number of hydrogen-bond donors (Lipinski definition) is 10. The molecule has 102 heavy (non-hydrogen) atoms. The van der Waals surface area contributed by atoms with Gasteiger partial charge < -0.3 is 65.8 Å². The monoisotopic (exact) mass is 1420 g/mol. The SMILES string of the molecule is O=CC1CC2(CCC3(CC4Cc5cccc(O)c5C#CCC5CCC3(C5)C4)C2)CC12CC1CC3CC4C5CCC67Oc8cccc9c8C(=O)C8%10C(O)=CC(Cc%11cccc(CO)c%11)=C(CCC%11CCCCC%11(O)CCC8SSCNC8=CC(=C3CN8)C1(C2)C4C(O)(C6O)C(O)C5(CO)O7)C%10C9=O. The van der Waals surface area contributed by atoms with Crippen LogP contribution in [0.3, 0.4) is 0 Å². The molecule has 9 saturated carbocycles. The van der Waals surface area contributed by atoms with E-state index in [-0.39, 0.29) is 99.5 Å². The molecule has 11 fully saturated rings. The summed E-state index contributed by atoms with van der Waals surface area (Å²) in [7, 11) is 2.99. The average Bonchev–Trinajstić information content (AvgIpc) is 1.34. The summed E-state index contributed by atoms with van der Waals surface area (Å²) in [4.78, 5) is 48.4. The molecule has 2 saturated heterocycles. The Bertz CT molecular complexity index is 4330. The van der Waals surface area contributed by atoms with Gasteiger partial charge in [0, 0.05) is 47.5 Å². The number of fused-ring (bicyclic) bond motifs is 4. The average molecular weight is 1420 g/mol. The van der Waals surface area contributed by atoms with Crippen molar-refractivity contribution in [2.24, 2.45) is 91.7 Å². The van der Waals surface area contributed by atoms with Gasteiger partial charge in [0.25, 0.3) is 0 Å². The van der Waals surface area contributed by atoms with E-state index in [2.05, 4.69) is 34.6 Å². The van der Waals surface area contributed by atoms with Crippen molar-refractivity contribution in [1.29, 1.82) is 0 Å². The minimum Gasteiger partial charge on any atom is -0.511 e. The highest BCUT2D eigenvalue weighted by molar-refractivity contribution is 8.76. The van der Waals surface area contributed by atoms with Crippen LogP contribution in [0, 0.1) is 104 Å². The highest BCUT2D eigenvalue weighted by Crippen LogP contribution is 2.83. The lowest BCUT2D eigenvalue weighted by molar-refractivity contribution is -0.461. The molecule has 10 N–H and O–H groups in total. The number of carbonyl (C=O) groups is 3. The van der Waals surface area contributed by atoms with Crippen LogP contribution < -0.4 is 15.4 Å². The molecule has 14 aliphatic carbocycles. The van der Waals surface area contributed by atoms with Crippen LogP contribution in [-0.2, 0) is 29.0 Å². The minimum absolute atomic E-state index is 0.0167. The topological polar surface area (TPSA) is 256 Å². The third-order valence-corrected chi connectivity index (χ3v) is 35.1. The summed E-state index contributed by atoms with van der Waals surface area (Å²) in [5, 5.41) is 110. The van der Waals surface area contributed by atoms with Crippen LogP contribution >= 0.6 is 21.6 Å². The Morgan fingerprint density at radius 3 is 2.47 bits per heavy atom. The molecule has 0 aromatic heterocycles. The van der Waals surface area contributed by atoms with Crippen molar-refractivity contribution in [2.45, 2.75) is 220 Å². The first-order valence-corrected chi connectivity index (χ1v) is 41.4. The quantitative estimate of drug-likeness (QED) is 0.0647. The standard InChI is InChI=1S/C85H98N2O13S2/c88-40-49-9-3-8-48(27-49)28-52-32-66(92)84-67-20-23-80(97)21-2-1-11-54(80)16-17-58(52)70(84)71(93)59-13-6-15-65(69(59)73(84)94)99-83-24-19-62-60-31-53-30-55-38-77(44-81(55,63-33-68(86-39-61(53)63)87-46-101-102-67)72(60)85(98,75(83)96)74(95)82(62,45-90)100-83)42-76(37-56(77)41-89)25-26-79(43-76)36-50-29-51-10-5-14-64(91)57(51)12-4-7-47-18-22-78(79,34-47)35-50/h3,5-6,8-10,13-15,27,32-33,41,47,50,53-56,60,62,67,70,72,74-75,86-88,90-92,95-98H,1-2,7,11,16-26,28-31,34-40,42-46H2. The first-order chi connectivity index (χ1) is 49.3. The van der Waals surface area contributed by atoms with Gasteiger partial charge in [-0.05, 0) is 268 Å². The highest BCUT2D eigenvalue weighted by atomic mass is 33.1. The number of allylic oxidation sites excluding steroid dienone is 6. The molecular weight excluding hydrogens is 1320 g/mol. The fourth-order valence-electron chi connectivity index (χ4n) is 29.0. The van der Waals surface area contributed by atoms with Gasteiger partial charge >= 0.3 is 0 Å². The van der Waals surface area contributed by atoms with E-state index < -0.39 is 86.4 Å². The van der Waals surface area contributed by atoms with Crippen LogP contribution in [0.1, 0.15) is 203 Å². The maximum atomic E-state index is 17.2. The lowest BCUT2D eigenvalue weighted by Gasteiger charge is -2.72. The van der Waals surface area contributed by atoms with Gasteiger partial charge in [-0.1, -0.05) is 100 Å². The first kappa shape index (κ1) is 66.1. The lowest BCUT2D eigenvalue weighted by atomic mass is 9.42. The number of benzene rings is 3. The molecule has 17 heteroatoms. The molecule has 23 unspecified atom stereocenters. The van der Waals surface area contributed by atoms with Crippen molar-refractivity contribution < 1.29 is 64.7 Å². The molecule has 3 aromatic rings. The van der Waals surface area contributed by atoms with Crippen molar-refractivity contribution >= 4 is 39.4 Å². The third-order valence-electron chi connectivity index (χ3n) is 32.4. The van der Waals surface area contributed by atoms with E-state index in [1.165, 1.54) is 52.7 Å². The number of carbonyl (C=O) groups excluding carboxylic acids is 3. The summed E-state index contributed by atoms with van der Waals surface area (Å²) >= 11 is 0. The van der Waals surface area contributed by atoms with Gasteiger partial charge in [0.15, 0.2) is 17.7 Å². The Hall–Kier alpha value is -5.39. The van der Waals surface area contributed by atoms with E-state index in [9.17, 15) is 45.6 Å². The van der Waals surface area contributed by atoms with Crippen LogP contribution in [0.4, 0.5) is 0 Å². The Kier molecular flexibility index (Phi) is 14.8. The summed E-state index contributed by atoms with van der Waals surface area (Å²) in [5.74, 6) is 2.76. The summed E-state index contributed by atoms with van der Waals surface area (Å²) in [6.45, 7) is -0.340. The second-order valence-electron chi connectivity index (χ2n) is 36.4. The van der Waals surface area contributed by atoms with Crippen LogP contribution in [0.15, 0.2) is 107 Å². The summed E-state index contributed by atoms with van der Waals surface area (Å²) < 4.78 is 14.8. The van der Waals surface area contributed by atoms with E-state index in [1.807, 2.05) is 30.3 Å². The lowest BCUT2D eigenvalue weighted by Crippen LogP contribution is -2.88. The smallest absolute Gasteiger partial charge is 0.240 e. The van der Waals surface area contributed by atoms with Crippen molar-refractivity contribution in [3.63, 3.8) is 0 Å². The van der Waals surface area contributed by atoms with E-state index in [4.69, 9.17) is 9.47 Å². The van der Waals surface area contributed by atoms with Crippen molar-refractivity contribution in [2.75, 3.05) is 19.0 Å². The first-order valence-electron chi connectivity index (χ1n) is 39.1. The zero-order valence-corrected chi connectivity index (χ0v) is 60.0. The zero-order valence-electron chi connectivity index (χ0n) is 58.4. The van der Waals surface area contributed by atoms with Crippen molar-refractivity contribution in [3.05, 3.63) is 140 Å². The number of aldehydes is 1. The number of aliphatic hydroxyl groups is 7. The van der Waals surface area contributed by atoms with Crippen molar-refractivity contribution in [3.8, 4) is 23.3 Å². The number of ether oxygens (including phenoxy) is 2. The van der Waals surface area contributed by atoms with Gasteiger partial charge in [-0.25, -0.2) is 0 Å². The van der Waals surface area contributed by atoms with Gasteiger partial charge in [0.05, 0.1) is 47.6 Å². The minimum atomic E-state index is -2.40. The second-order valence-corrected chi connectivity index (χ2v) is 39.0. The van der Waals surface area contributed by atoms with Gasteiger partial charge in [-0.2, -0.15) is 0 Å². The molecule has 4 aliphatic heterocycles. The van der Waals surface area contributed by atoms with Gasteiger partial charge in [-0.3, -0.25) is 9.59 Å². The van der Waals surface area contributed by atoms with Crippen LogP contribution in [0.2, 0.25) is 0 Å². The number of aliphatic hydroxyl groups excluding tert-OH is 5. The predicted molar refractivity (Wildman–Crippen MR) is 385 cm³/mol. The molecule has 18 aliphatic rings. The van der Waals surface area contributed by atoms with Crippen LogP contribution in [-0.4, -0.2) is 118 Å². The summed E-state index contributed by atoms with van der Waals surface area (Å²) in [6.07, 6.45) is 22.4.